The molecule has 168 valence electrons. The zero-order valence-corrected chi connectivity index (χ0v) is 19.5. The molecule has 6 heteroatoms. The molecule has 1 saturated carbocycles. The second kappa shape index (κ2) is 9.78. The van der Waals surface area contributed by atoms with Crippen molar-refractivity contribution < 1.29 is 4.79 Å². The molecule has 32 heavy (non-hydrogen) atoms. The lowest BCUT2D eigenvalue weighted by Crippen LogP contribution is -2.45. The molecule has 1 aliphatic carbocycles. The molecule has 0 atom stereocenters. The van der Waals surface area contributed by atoms with Crippen molar-refractivity contribution >= 4 is 28.5 Å². The van der Waals surface area contributed by atoms with Crippen LogP contribution in [0, 0.1) is 13.8 Å². The molecule has 1 fully saturated rings. The Hall–Kier alpha value is -2.79. The highest BCUT2D eigenvalue weighted by Crippen LogP contribution is 2.22. The number of urea groups is 1. The Kier molecular flexibility index (Phi) is 6.85. The number of rotatable bonds is 5. The Balaban J connectivity index is 1.63. The lowest BCUT2D eigenvalue weighted by Gasteiger charge is -2.28. The van der Waals surface area contributed by atoms with E-state index in [4.69, 9.17) is 11.6 Å². The fraction of sp³-hybridized carbons (Fsp3) is 0.385. The minimum Gasteiger partial charge on any atom is -0.335 e. The molecule has 0 radical (unpaired) electrons. The van der Waals surface area contributed by atoms with Crippen molar-refractivity contribution in [1.82, 2.24) is 15.2 Å². The maximum Gasteiger partial charge on any atom is 0.318 e. The molecule has 0 spiro atoms. The maximum absolute atomic E-state index is 13.3. The van der Waals surface area contributed by atoms with E-state index in [0.717, 1.165) is 53.3 Å². The topological polar surface area (TPSA) is 65.2 Å². The molecule has 0 bridgehead atoms. The van der Waals surface area contributed by atoms with Crippen molar-refractivity contribution in [2.24, 2.45) is 0 Å². The molecule has 4 rings (SSSR count). The van der Waals surface area contributed by atoms with Crippen LogP contribution in [0.15, 0.2) is 47.3 Å². The van der Waals surface area contributed by atoms with Crippen molar-refractivity contribution in [1.29, 1.82) is 0 Å². The highest BCUT2D eigenvalue weighted by molar-refractivity contribution is 6.30. The molecule has 0 saturated heterocycles. The number of amides is 2. The van der Waals surface area contributed by atoms with E-state index >= 15 is 0 Å². The van der Waals surface area contributed by atoms with Crippen molar-refractivity contribution in [2.75, 3.05) is 0 Å². The Labute approximate surface area is 193 Å². The van der Waals surface area contributed by atoms with Gasteiger partial charge in [-0.3, -0.25) is 4.79 Å². The van der Waals surface area contributed by atoms with Crippen molar-refractivity contribution in [3.8, 4) is 0 Å². The second-order valence-electron chi connectivity index (χ2n) is 8.88. The van der Waals surface area contributed by atoms with Crippen molar-refractivity contribution in [2.45, 2.75) is 65.1 Å². The highest BCUT2D eigenvalue weighted by Gasteiger charge is 2.21. The van der Waals surface area contributed by atoms with Crippen LogP contribution in [0.2, 0.25) is 5.02 Å². The number of H-pyrrole nitrogens is 1. The normalized spacial score (nSPS) is 14.5. The summed E-state index contributed by atoms with van der Waals surface area (Å²) in [5.41, 5.74) is 4.38. The number of nitrogens with zero attached hydrogens (tertiary/aromatic N) is 1. The fourth-order valence-electron chi connectivity index (χ4n) is 4.46. The van der Waals surface area contributed by atoms with Gasteiger partial charge < -0.3 is 15.2 Å². The molecular weight excluding hydrogens is 422 g/mol. The molecule has 1 heterocycles. The fourth-order valence-corrected chi connectivity index (χ4v) is 4.59. The average molecular weight is 452 g/mol. The average Bonchev–Trinajstić information content (AvgIpc) is 2.79. The monoisotopic (exact) mass is 451 g/mol. The van der Waals surface area contributed by atoms with E-state index in [2.05, 4.69) is 16.4 Å². The predicted octanol–water partition coefficient (Wildman–Crippen LogP) is 5.84. The van der Waals surface area contributed by atoms with Crippen molar-refractivity contribution in [3.05, 3.63) is 80.1 Å². The SMILES string of the molecule is Cc1ccc(C)c2[nH]c(=O)c(CN(Cc3ccc(Cl)cc3)C(=O)NC3CCCCC3)cc12. The van der Waals surface area contributed by atoms with Gasteiger partial charge in [0.25, 0.3) is 5.56 Å². The van der Waals surface area contributed by atoms with E-state index in [-0.39, 0.29) is 24.2 Å². The van der Waals surface area contributed by atoms with E-state index in [9.17, 15) is 9.59 Å². The van der Waals surface area contributed by atoms with E-state index in [1.807, 2.05) is 50.2 Å². The van der Waals surface area contributed by atoms with Crippen LogP contribution in [0.3, 0.4) is 0 Å². The van der Waals surface area contributed by atoms with Crippen LogP contribution in [0.25, 0.3) is 10.9 Å². The van der Waals surface area contributed by atoms with Crippen LogP contribution in [0.5, 0.6) is 0 Å². The third kappa shape index (κ3) is 5.16. The number of hydrogen-bond donors (Lipinski definition) is 2. The molecule has 2 N–H and O–H groups in total. The third-order valence-corrected chi connectivity index (χ3v) is 6.64. The number of carbonyl (C=O) groups is 1. The molecule has 0 aliphatic heterocycles. The summed E-state index contributed by atoms with van der Waals surface area (Å²) >= 11 is 6.03. The summed E-state index contributed by atoms with van der Waals surface area (Å²) in [5, 5.41) is 4.87. The summed E-state index contributed by atoms with van der Waals surface area (Å²) in [6.45, 7) is 4.66. The summed E-state index contributed by atoms with van der Waals surface area (Å²) in [6, 6.07) is 13.5. The van der Waals surface area contributed by atoms with Gasteiger partial charge in [0.05, 0.1) is 12.1 Å². The summed E-state index contributed by atoms with van der Waals surface area (Å²) in [7, 11) is 0. The van der Waals surface area contributed by atoms with Crippen LogP contribution in [0.1, 0.15) is 54.4 Å². The van der Waals surface area contributed by atoms with Gasteiger partial charge in [-0.05, 0) is 61.6 Å². The number of benzene rings is 2. The zero-order chi connectivity index (χ0) is 22.7. The maximum atomic E-state index is 13.3. The summed E-state index contributed by atoms with van der Waals surface area (Å²) in [6.07, 6.45) is 5.54. The first-order chi connectivity index (χ1) is 15.4. The minimum atomic E-state index is -0.155. The van der Waals surface area contributed by atoms with E-state index in [1.54, 1.807) is 4.90 Å². The number of halogens is 1. The number of aromatic nitrogens is 1. The van der Waals surface area contributed by atoms with Crippen LogP contribution >= 0.6 is 11.6 Å². The first-order valence-electron chi connectivity index (χ1n) is 11.3. The standard InChI is InChI=1S/C26H30ClN3O2/c1-17-8-9-18(2)24-23(17)14-20(25(31)29-24)16-30(15-19-10-12-21(27)13-11-19)26(32)28-22-6-4-3-5-7-22/h8-14,22H,3-7,15-16H2,1-2H3,(H,28,32)(H,29,31). The van der Waals surface area contributed by atoms with Crippen LogP contribution in [-0.2, 0) is 13.1 Å². The lowest BCUT2D eigenvalue weighted by molar-refractivity contribution is 0.184. The van der Waals surface area contributed by atoms with Gasteiger partial charge in [-0.1, -0.05) is 55.1 Å². The number of carbonyl (C=O) groups excluding carboxylic acids is 1. The van der Waals surface area contributed by atoms with Crippen LogP contribution in [0.4, 0.5) is 4.79 Å². The first kappa shape index (κ1) is 22.4. The molecule has 1 aromatic heterocycles. The van der Waals surface area contributed by atoms with Gasteiger partial charge in [0.2, 0.25) is 0 Å². The van der Waals surface area contributed by atoms with Gasteiger partial charge in [-0.15, -0.1) is 0 Å². The summed E-state index contributed by atoms with van der Waals surface area (Å²) < 4.78 is 0. The number of pyridine rings is 1. The Morgan fingerprint density at radius 1 is 1.03 bits per heavy atom. The summed E-state index contributed by atoms with van der Waals surface area (Å²) in [5.74, 6) is 0. The number of nitrogens with one attached hydrogen (secondary N) is 2. The van der Waals surface area contributed by atoms with E-state index in [1.165, 1.54) is 6.42 Å². The van der Waals surface area contributed by atoms with E-state index in [0.29, 0.717) is 17.1 Å². The predicted molar refractivity (Wildman–Crippen MR) is 130 cm³/mol. The van der Waals surface area contributed by atoms with Crippen LogP contribution < -0.4 is 10.9 Å². The zero-order valence-electron chi connectivity index (χ0n) is 18.7. The molecule has 5 nitrogen and oxygen atoms in total. The molecule has 3 aromatic rings. The smallest absolute Gasteiger partial charge is 0.318 e. The number of fused-ring (bicyclic) bond motifs is 1. The Bertz CT molecular complexity index is 1160. The highest BCUT2D eigenvalue weighted by atomic mass is 35.5. The van der Waals surface area contributed by atoms with Gasteiger partial charge in [0, 0.05) is 28.6 Å². The third-order valence-electron chi connectivity index (χ3n) is 6.39. The Morgan fingerprint density at radius 3 is 2.44 bits per heavy atom. The largest absolute Gasteiger partial charge is 0.335 e. The van der Waals surface area contributed by atoms with Gasteiger partial charge in [0.1, 0.15) is 0 Å². The van der Waals surface area contributed by atoms with Crippen LogP contribution in [-0.4, -0.2) is 22.0 Å². The van der Waals surface area contributed by atoms with Crippen molar-refractivity contribution in [3.63, 3.8) is 0 Å². The molecule has 0 unspecified atom stereocenters. The molecule has 2 aromatic carbocycles. The molecule has 1 aliphatic rings. The number of hydrogen-bond acceptors (Lipinski definition) is 2. The van der Waals surface area contributed by atoms with Gasteiger partial charge >= 0.3 is 6.03 Å². The quantitative estimate of drug-likeness (QED) is 0.511. The lowest BCUT2D eigenvalue weighted by atomic mass is 9.96. The summed E-state index contributed by atoms with van der Waals surface area (Å²) in [4.78, 5) is 30.9. The molecule has 2 amide bonds. The van der Waals surface area contributed by atoms with Gasteiger partial charge in [0.15, 0.2) is 0 Å². The second-order valence-corrected chi connectivity index (χ2v) is 9.32. The van der Waals surface area contributed by atoms with Gasteiger partial charge in [-0.25, -0.2) is 4.79 Å². The number of aromatic amines is 1. The Morgan fingerprint density at radius 2 is 1.72 bits per heavy atom. The first-order valence-corrected chi connectivity index (χ1v) is 11.7. The number of aryl methyl sites for hydroxylation is 2. The minimum absolute atomic E-state index is 0.132. The molecular formula is C26H30ClN3O2. The van der Waals surface area contributed by atoms with Gasteiger partial charge in [-0.2, -0.15) is 0 Å². The van der Waals surface area contributed by atoms with E-state index < -0.39 is 0 Å².